The second-order valence-electron chi connectivity index (χ2n) is 19.0. The zero-order chi connectivity index (χ0) is 58.5. The molecule has 8 bridgehead atoms. The summed E-state index contributed by atoms with van der Waals surface area (Å²) in [4.78, 5) is 44.4. The lowest BCUT2D eigenvalue weighted by Crippen LogP contribution is -2.38. The number of fused-ring (bicyclic) bond motifs is 8. The van der Waals surface area contributed by atoms with Gasteiger partial charge in [0.15, 0.2) is 0 Å². The maximum Gasteiger partial charge on any atom is 0.359 e. The Hall–Kier alpha value is -8.62. The third-order valence-corrected chi connectivity index (χ3v) is 13.4. The van der Waals surface area contributed by atoms with Gasteiger partial charge >= 0.3 is 11.9 Å². The van der Waals surface area contributed by atoms with Crippen molar-refractivity contribution in [1.82, 2.24) is 19.9 Å². The van der Waals surface area contributed by atoms with Gasteiger partial charge in [-0.2, -0.15) is 0 Å². The van der Waals surface area contributed by atoms with Gasteiger partial charge in [0.2, 0.25) is 0 Å². The summed E-state index contributed by atoms with van der Waals surface area (Å²) in [5, 5.41) is 0. The molecule has 4 aromatic carbocycles. The zero-order valence-electron chi connectivity index (χ0n) is 47.9. The summed E-state index contributed by atoms with van der Waals surface area (Å²) in [6.07, 6.45) is 6.48. The number of H-pyrrole nitrogens is 2. The van der Waals surface area contributed by atoms with E-state index in [0.717, 1.165) is 72.3 Å². The normalized spacial score (nSPS) is 11.7. The third-order valence-electron chi connectivity index (χ3n) is 13.4. The topological polar surface area (TPSA) is 202 Å². The molecule has 18 heteroatoms. The van der Waals surface area contributed by atoms with E-state index in [1.165, 1.54) is 0 Å². The van der Waals surface area contributed by atoms with Gasteiger partial charge in [0.05, 0.1) is 95.5 Å². The molecule has 0 radical (unpaired) electrons. The van der Waals surface area contributed by atoms with Crippen LogP contribution in [0.15, 0.2) is 121 Å². The largest absolute Gasteiger partial charge is 0.491 e. The molecule has 84 heavy (non-hydrogen) atoms. The molecule has 5 heterocycles. The summed E-state index contributed by atoms with van der Waals surface area (Å²) in [5.74, 6) is 0.638. The first-order chi connectivity index (χ1) is 41.3. The van der Waals surface area contributed by atoms with Crippen molar-refractivity contribution in [2.75, 3.05) is 114 Å². The Balaban J connectivity index is 1.22. The highest BCUT2D eigenvalue weighted by molar-refractivity contribution is 6.01. The van der Waals surface area contributed by atoms with E-state index < -0.39 is 18.0 Å². The number of methoxy groups -OCH3 is 3. The molecule has 2 aliphatic heterocycles. The number of hydrogen-bond acceptors (Lipinski definition) is 16. The molecule has 0 unspecified atom stereocenters. The molecular formula is C66H70N4O14. The molecule has 0 saturated heterocycles. The molecule has 2 aliphatic rings. The van der Waals surface area contributed by atoms with Crippen molar-refractivity contribution < 1.29 is 66.4 Å². The maximum absolute atomic E-state index is 13.0. The molecular weight excluding hydrogens is 1070 g/mol. The van der Waals surface area contributed by atoms with E-state index in [0.29, 0.717) is 114 Å². The van der Waals surface area contributed by atoms with Gasteiger partial charge in [-0.05, 0) is 133 Å². The van der Waals surface area contributed by atoms with Crippen LogP contribution in [0.4, 0.5) is 0 Å². The highest BCUT2D eigenvalue weighted by atomic mass is 16.6. The Kier molecular flexibility index (Phi) is 21.9. The number of nitrogens with one attached hydrogen (secondary N) is 2. The predicted molar refractivity (Wildman–Crippen MR) is 323 cm³/mol. The first kappa shape index (κ1) is 60.0. The Morgan fingerprint density at radius 1 is 0.369 bits per heavy atom. The molecule has 3 aromatic heterocycles. The van der Waals surface area contributed by atoms with Gasteiger partial charge in [-0.1, -0.05) is 48.5 Å². The van der Waals surface area contributed by atoms with Gasteiger partial charge in [0, 0.05) is 65.7 Å². The van der Waals surface area contributed by atoms with Crippen molar-refractivity contribution in [3.05, 3.63) is 144 Å². The van der Waals surface area contributed by atoms with Crippen LogP contribution in [0.2, 0.25) is 0 Å². The van der Waals surface area contributed by atoms with Crippen LogP contribution in [0.1, 0.15) is 36.6 Å². The van der Waals surface area contributed by atoms with Crippen LogP contribution in [0.5, 0.6) is 23.0 Å². The van der Waals surface area contributed by atoms with E-state index in [9.17, 15) is 9.59 Å². The van der Waals surface area contributed by atoms with Gasteiger partial charge in [0.25, 0.3) is 6.10 Å². The number of rotatable bonds is 31. The number of nitrogens with zero attached hydrogens (tertiary/aromatic N) is 2. The number of aromatic amines is 2. The van der Waals surface area contributed by atoms with Crippen LogP contribution in [0, 0.1) is 0 Å². The van der Waals surface area contributed by atoms with E-state index >= 15 is 0 Å². The summed E-state index contributed by atoms with van der Waals surface area (Å²) in [5.41, 5.74) is 12.7. The van der Waals surface area contributed by atoms with Crippen LogP contribution >= 0.6 is 0 Å². The average molecular weight is 1140 g/mol. The van der Waals surface area contributed by atoms with E-state index in [1.807, 2.05) is 121 Å². The second-order valence-corrected chi connectivity index (χ2v) is 19.0. The van der Waals surface area contributed by atoms with Gasteiger partial charge < -0.3 is 66.8 Å². The van der Waals surface area contributed by atoms with Gasteiger partial charge in [-0.3, -0.25) is 0 Å². The molecule has 0 amide bonds. The second kappa shape index (κ2) is 30.6. The lowest BCUT2D eigenvalue weighted by Gasteiger charge is -2.16. The number of carbonyl (C=O) groups is 2. The van der Waals surface area contributed by atoms with Crippen molar-refractivity contribution in [3.8, 4) is 67.5 Å². The number of esters is 2. The minimum absolute atomic E-state index is 0.0593. The van der Waals surface area contributed by atoms with Crippen LogP contribution < -0.4 is 18.9 Å². The van der Waals surface area contributed by atoms with Crippen LogP contribution in [0.3, 0.4) is 0 Å². The number of benzene rings is 4. The lowest BCUT2D eigenvalue weighted by atomic mass is 10.0. The molecule has 0 fully saturated rings. The molecule has 0 saturated carbocycles. The first-order valence-electron chi connectivity index (χ1n) is 27.9. The molecule has 18 nitrogen and oxygen atoms in total. The first-order valence-corrected chi connectivity index (χ1v) is 27.9. The van der Waals surface area contributed by atoms with Crippen molar-refractivity contribution in [3.63, 3.8) is 0 Å². The minimum Gasteiger partial charge on any atom is -0.491 e. The van der Waals surface area contributed by atoms with Crippen LogP contribution in [0.25, 0.3) is 90.9 Å². The Bertz CT molecular complexity index is 3450. The third kappa shape index (κ3) is 15.5. The standard InChI is InChI=1S/C66H70N4O14/c1-6-79-65(71)64(66(72)80-7-2)84-51-22-14-47(15-23-51)63-58-30-28-56(69-58)61(45-10-18-49(19-11-45)82-42-39-77-36-33-74-4)54-26-24-52(67-54)60(44-8-16-48(17-9-44)81-41-38-76-35-32-73-3)53-25-27-55(68-53)62(57-29-31-59(63)70-57)46-12-20-50(21-13-46)83-43-40-78-37-34-75-5/h8-31,64,67,70H,6-7,32-43H2,1-5H3. The summed E-state index contributed by atoms with van der Waals surface area (Å²) in [6, 6.07) is 39.2. The number of ether oxygens (including phenoxy) is 12. The summed E-state index contributed by atoms with van der Waals surface area (Å²) in [7, 11) is 4.93. The van der Waals surface area contributed by atoms with Crippen molar-refractivity contribution in [2.24, 2.45) is 0 Å². The fourth-order valence-corrected chi connectivity index (χ4v) is 9.43. The van der Waals surface area contributed by atoms with Gasteiger partial charge in [-0.15, -0.1) is 0 Å². The summed E-state index contributed by atoms with van der Waals surface area (Å²) >= 11 is 0. The van der Waals surface area contributed by atoms with Gasteiger partial charge in [0.1, 0.15) is 42.8 Å². The van der Waals surface area contributed by atoms with Crippen LogP contribution in [-0.2, 0) is 47.5 Å². The molecule has 2 N–H and O–H groups in total. The smallest absolute Gasteiger partial charge is 0.359 e. The highest BCUT2D eigenvalue weighted by Gasteiger charge is 2.32. The Morgan fingerprint density at radius 3 is 0.917 bits per heavy atom. The predicted octanol–water partition coefficient (Wildman–Crippen LogP) is 11.3. The molecule has 0 atom stereocenters. The fourth-order valence-electron chi connectivity index (χ4n) is 9.43. The van der Waals surface area contributed by atoms with E-state index in [-0.39, 0.29) is 19.0 Å². The Labute approximate surface area is 488 Å². The fraction of sp³-hybridized carbons (Fsp3) is 0.303. The van der Waals surface area contributed by atoms with Crippen molar-refractivity contribution in [1.29, 1.82) is 0 Å². The minimum atomic E-state index is -1.62. The molecule has 9 rings (SSSR count). The monoisotopic (exact) mass is 1140 g/mol. The summed E-state index contributed by atoms with van der Waals surface area (Å²) in [6.45, 7) is 8.79. The summed E-state index contributed by atoms with van der Waals surface area (Å²) < 4.78 is 66.9. The lowest BCUT2D eigenvalue weighted by molar-refractivity contribution is -0.166. The van der Waals surface area contributed by atoms with E-state index in [4.69, 9.17) is 66.8 Å². The maximum atomic E-state index is 13.0. The number of aromatic nitrogens is 4. The molecule has 0 spiro atoms. The van der Waals surface area contributed by atoms with E-state index in [1.54, 1.807) is 47.3 Å². The zero-order valence-corrected chi connectivity index (χ0v) is 47.9. The quantitative estimate of drug-likeness (QED) is 0.0236. The van der Waals surface area contributed by atoms with Crippen LogP contribution in [-0.4, -0.2) is 152 Å². The average Bonchev–Trinajstić information content (AvgIpc) is 4.45. The number of hydrogen-bond donors (Lipinski definition) is 2. The molecule has 7 aromatic rings. The van der Waals surface area contributed by atoms with Crippen molar-refractivity contribution in [2.45, 2.75) is 20.0 Å². The SMILES string of the molecule is CCOC(=O)C(Oc1ccc(-c2c3nc(c(-c4ccc(OCCOCCOC)cc4)c4ccc([nH]4)c(-c4ccc(OCCOCCOC)cc4)c4nc(c(-c5ccc(OCCOCCOC)cc5)c5ccc2[nH]5)C=C4)C=C3)cc1)C(=O)OCC. The number of carbonyl (C=O) groups excluding carboxylic acids is 2. The Morgan fingerprint density at radius 2 is 0.643 bits per heavy atom. The van der Waals surface area contributed by atoms with Crippen molar-refractivity contribution >= 4 is 58.3 Å². The van der Waals surface area contributed by atoms with Gasteiger partial charge in [-0.25, -0.2) is 19.6 Å². The molecule has 438 valence electrons. The molecule has 0 aliphatic carbocycles. The van der Waals surface area contributed by atoms with E-state index in [2.05, 4.69) is 22.1 Å². The highest BCUT2D eigenvalue weighted by Crippen LogP contribution is 2.40.